The lowest BCUT2D eigenvalue weighted by atomic mass is 10.1. The summed E-state index contributed by atoms with van der Waals surface area (Å²) < 4.78 is 13.8. The van der Waals surface area contributed by atoms with Crippen LogP contribution < -0.4 is 16.0 Å². The van der Waals surface area contributed by atoms with Crippen LogP contribution in [0.4, 0.5) is 21.5 Å². The number of carbonyl (C=O) groups is 2. The van der Waals surface area contributed by atoms with Crippen molar-refractivity contribution in [2.45, 2.75) is 19.4 Å². The van der Waals surface area contributed by atoms with Gasteiger partial charge in [0, 0.05) is 0 Å². The zero-order valence-electron chi connectivity index (χ0n) is 12.5. The molecule has 1 aliphatic heterocycles. The first-order valence-corrected chi connectivity index (χ1v) is 7.25. The van der Waals surface area contributed by atoms with Crippen molar-refractivity contribution in [1.29, 1.82) is 0 Å². The zero-order valence-corrected chi connectivity index (χ0v) is 12.5. The number of halogens is 1. The Bertz CT molecular complexity index is 776. The van der Waals surface area contributed by atoms with Crippen molar-refractivity contribution in [3.8, 4) is 0 Å². The number of rotatable bonds is 3. The highest BCUT2D eigenvalue weighted by atomic mass is 19.1. The van der Waals surface area contributed by atoms with Gasteiger partial charge in [0.05, 0.1) is 23.5 Å². The Labute approximate surface area is 132 Å². The van der Waals surface area contributed by atoms with Crippen LogP contribution in [0.1, 0.15) is 12.0 Å². The minimum Gasteiger partial charge on any atom is -0.372 e. The highest BCUT2D eigenvalue weighted by molar-refractivity contribution is 6.06. The molecule has 5 nitrogen and oxygen atoms in total. The molecule has 0 radical (unpaired) electrons. The van der Waals surface area contributed by atoms with Crippen molar-refractivity contribution in [3.63, 3.8) is 0 Å². The van der Waals surface area contributed by atoms with Crippen LogP contribution in [0.25, 0.3) is 0 Å². The van der Waals surface area contributed by atoms with Crippen LogP contribution in [0.2, 0.25) is 0 Å². The summed E-state index contributed by atoms with van der Waals surface area (Å²) in [4.78, 5) is 24.1. The van der Waals surface area contributed by atoms with Crippen LogP contribution in [0.15, 0.2) is 42.5 Å². The molecule has 3 rings (SSSR count). The number of hydrogen-bond donors (Lipinski definition) is 3. The fourth-order valence-electron chi connectivity index (χ4n) is 2.44. The molecule has 0 aliphatic carbocycles. The van der Waals surface area contributed by atoms with Crippen molar-refractivity contribution in [2.24, 2.45) is 0 Å². The molecule has 2 amide bonds. The van der Waals surface area contributed by atoms with Gasteiger partial charge in [0.2, 0.25) is 11.8 Å². The SMILES string of the molecule is Cc1ccc(NC(=O)CC2Nc3ccccc3NC2=O)c(F)c1. The summed E-state index contributed by atoms with van der Waals surface area (Å²) in [7, 11) is 0. The third-order valence-corrected chi connectivity index (χ3v) is 3.62. The molecule has 0 saturated heterocycles. The van der Waals surface area contributed by atoms with Crippen LogP contribution in [0, 0.1) is 12.7 Å². The maximum atomic E-state index is 13.8. The quantitative estimate of drug-likeness (QED) is 0.816. The van der Waals surface area contributed by atoms with E-state index in [2.05, 4.69) is 16.0 Å². The standard InChI is InChI=1S/C17H16FN3O2/c1-10-6-7-12(11(18)8-10)20-16(22)9-15-17(23)21-14-5-3-2-4-13(14)19-15/h2-8,15,19H,9H2,1H3,(H,20,22)(H,21,23). The third-order valence-electron chi connectivity index (χ3n) is 3.62. The first-order valence-electron chi connectivity index (χ1n) is 7.25. The smallest absolute Gasteiger partial charge is 0.247 e. The Balaban J connectivity index is 1.67. The van der Waals surface area contributed by atoms with E-state index >= 15 is 0 Å². The number of anilines is 3. The van der Waals surface area contributed by atoms with Crippen molar-refractivity contribution in [1.82, 2.24) is 0 Å². The fourth-order valence-corrected chi connectivity index (χ4v) is 2.44. The van der Waals surface area contributed by atoms with E-state index < -0.39 is 17.8 Å². The summed E-state index contributed by atoms with van der Waals surface area (Å²) in [5.41, 5.74) is 2.31. The predicted molar refractivity (Wildman–Crippen MR) is 86.9 cm³/mol. The van der Waals surface area contributed by atoms with E-state index in [1.807, 2.05) is 18.2 Å². The number of hydrogen-bond acceptors (Lipinski definition) is 3. The average molecular weight is 313 g/mol. The molecule has 1 aliphatic rings. The van der Waals surface area contributed by atoms with Gasteiger partial charge in [-0.25, -0.2) is 4.39 Å². The highest BCUT2D eigenvalue weighted by Gasteiger charge is 2.27. The van der Waals surface area contributed by atoms with Gasteiger partial charge in [-0.05, 0) is 36.8 Å². The zero-order chi connectivity index (χ0) is 16.4. The van der Waals surface area contributed by atoms with Gasteiger partial charge in [-0.3, -0.25) is 9.59 Å². The second-order valence-electron chi connectivity index (χ2n) is 5.47. The second kappa shape index (κ2) is 6.08. The lowest BCUT2D eigenvalue weighted by Gasteiger charge is -2.26. The first-order chi connectivity index (χ1) is 11.0. The summed E-state index contributed by atoms with van der Waals surface area (Å²) in [6.07, 6.45) is -0.0898. The van der Waals surface area contributed by atoms with Crippen molar-refractivity contribution >= 4 is 28.9 Å². The van der Waals surface area contributed by atoms with Crippen LogP contribution in [-0.4, -0.2) is 17.9 Å². The topological polar surface area (TPSA) is 70.2 Å². The maximum absolute atomic E-state index is 13.8. The molecule has 118 valence electrons. The van der Waals surface area contributed by atoms with Gasteiger partial charge in [-0.1, -0.05) is 18.2 Å². The number of amides is 2. The van der Waals surface area contributed by atoms with E-state index in [0.29, 0.717) is 5.69 Å². The van der Waals surface area contributed by atoms with Gasteiger partial charge in [-0.2, -0.15) is 0 Å². The van der Waals surface area contributed by atoms with Gasteiger partial charge >= 0.3 is 0 Å². The molecular weight excluding hydrogens is 297 g/mol. The van der Waals surface area contributed by atoms with Gasteiger partial charge < -0.3 is 16.0 Å². The van der Waals surface area contributed by atoms with Gasteiger partial charge in [0.1, 0.15) is 11.9 Å². The van der Waals surface area contributed by atoms with Crippen molar-refractivity contribution < 1.29 is 14.0 Å². The lowest BCUT2D eigenvalue weighted by molar-refractivity contribution is -0.122. The molecule has 1 heterocycles. The molecule has 0 bridgehead atoms. The Morgan fingerprint density at radius 3 is 2.70 bits per heavy atom. The minimum atomic E-state index is -0.696. The average Bonchev–Trinajstić information content (AvgIpc) is 2.51. The van der Waals surface area contributed by atoms with E-state index in [1.54, 1.807) is 19.1 Å². The summed E-state index contributed by atoms with van der Waals surface area (Å²) in [6, 6.07) is 11.1. The number of para-hydroxylation sites is 2. The number of benzene rings is 2. The number of nitrogens with one attached hydrogen (secondary N) is 3. The predicted octanol–water partition coefficient (Wildman–Crippen LogP) is 2.90. The first kappa shape index (κ1) is 15.0. The molecule has 0 spiro atoms. The molecule has 6 heteroatoms. The highest BCUT2D eigenvalue weighted by Crippen LogP contribution is 2.27. The normalized spacial score (nSPS) is 16.1. The van der Waals surface area contributed by atoms with Crippen molar-refractivity contribution in [3.05, 3.63) is 53.8 Å². The van der Waals surface area contributed by atoms with Crippen LogP contribution >= 0.6 is 0 Å². The molecule has 0 saturated carbocycles. The monoisotopic (exact) mass is 313 g/mol. The Morgan fingerprint density at radius 1 is 1.22 bits per heavy atom. The molecule has 1 unspecified atom stereocenters. The molecule has 3 N–H and O–H groups in total. The Morgan fingerprint density at radius 2 is 1.96 bits per heavy atom. The molecular formula is C17H16FN3O2. The second-order valence-corrected chi connectivity index (χ2v) is 5.47. The van der Waals surface area contributed by atoms with Gasteiger partial charge in [0.15, 0.2) is 0 Å². The summed E-state index contributed by atoms with van der Waals surface area (Å²) in [5.74, 6) is -1.22. The Hall–Kier alpha value is -2.89. The Kier molecular flexibility index (Phi) is 3.97. The van der Waals surface area contributed by atoms with Crippen LogP contribution in [0.3, 0.4) is 0 Å². The molecule has 23 heavy (non-hydrogen) atoms. The van der Waals surface area contributed by atoms with E-state index in [9.17, 15) is 14.0 Å². The maximum Gasteiger partial charge on any atom is 0.247 e. The van der Waals surface area contributed by atoms with Gasteiger partial charge in [0.25, 0.3) is 0 Å². The molecule has 2 aromatic carbocycles. The molecule has 2 aromatic rings. The molecule has 1 atom stereocenters. The lowest BCUT2D eigenvalue weighted by Crippen LogP contribution is -2.41. The third kappa shape index (κ3) is 3.31. The number of aryl methyl sites for hydroxylation is 1. The number of fused-ring (bicyclic) bond motifs is 1. The molecule has 0 aromatic heterocycles. The fraction of sp³-hybridized carbons (Fsp3) is 0.176. The summed E-state index contributed by atoms with van der Waals surface area (Å²) in [5, 5.41) is 8.26. The summed E-state index contributed by atoms with van der Waals surface area (Å²) in [6.45, 7) is 1.77. The van der Waals surface area contributed by atoms with E-state index in [-0.39, 0.29) is 18.0 Å². The molecule has 0 fully saturated rings. The van der Waals surface area contributed by atoms with E-state index in [4.69, 9.17) is 0 Å². The van der Waals surface area contributed by atoms with Gasteiger partial charge in [-0.15, -0.1) is 0 Å². The van der Waals surface area contributed by atoms with Crippen molar-refractivity contribution in [2.75, 3.05) is 16.0 Å². The van der Waals surface area contributed by atoms with E-state index in [1.165, 1.54) is 12.1 Å². The minimum absolute atomic E-state index is 0.0898. The summed E-state index contributed by atoms with van der Waals surface area (Å²) >= 11 is 0. The van der Waals surface area contributed by atoms with Crippen LogP contribution in [0.5, 0.6) is 0 Å². The van der Waals surface area contributed by atoms with E-state index in [0.717, 1.165) is 11.3 Å². The largest absolute Gasteiger partial charge is 0.372 e. The van der Waals surface area contributed by atoms with Crippen LogP contribution in [-0.2, 0) is 9.59 Å². The number of carbonyl (C=O) groups excluding carboxylic acids is 2.